The second-order valence-electron chi connectivity index (χ2n) is 22.7. The molecular weight excluding hydrogens is 968 g/mol. The summed E-state index contributed by atoms with van der Waals surface area (Å²) in [5.74, 6) is 3.20. The second kappa shape index (κ2) is 22.6. The number of carboxylic acids is 2. The fraction of sp³-hybridized carbons (Fsp3) is 0.525. The van der Waals surface area contributed by atoms with Crippen LogP contribution in [0.25, 0.3) is 5.57 Å². The molecule has 8 rings (SSSR count). The molecule has 4 aromatic rings. The summed E-state index contributed by atoms with van der Waals surface area (Å²) in [6, 6.07) is 17.5. The van der Waals surface area contributed by atoms with Crippen molar-refractivity contribution in [1.82, 2.24) is 0 Å². The lowest BCUT2D eigenvalue weighted by molar-refractivity contribution is -0.385. The molecular formula is C59H70Cl2N2O10. The second-order valence-corrected chi connectivity index (χ2v) is 23.5. The molecule has 2 N–H and O–H groups in total. The maximum Gasteiger partial charge on any atom is 0.339 e. The van der Waals surface area contributed by atoms with Crippen molar-refractivity contribution >= 4 is 52.1 Å². The fourth-order valence-electron chi connectivity index (χ4n) is 14.3. The maximum absolute atomic E-state index is 12.9. The largest absolute Gasteiger partial charge is 0.486 e. The molecule has 4 aliphatic rings. The van der Waals surface area contributed by atoms with E-state index in [0.717, 1.165) is 48.3 Å². The molecule has 73 heavy (non-hydrogen) atoms. The number of nitro benzene ring substituents is 2. The van der Waals surface area contributed by atoms with E-state index >= 15 is 0 Å². The molecule has 4 aromatic carbocycles. The van der Waals surface area contributed by atoms with Gasteiger partial charge >= 0.3 is 11.9 Å². The summed E-state index contributed by atoms with van der Waals surface area (Å²) in [4.78, 5) is 47.3. The van der Waals surface area contributed by atoms with Gasteiger partial charge in [0.1, 0.15) is 24.3 Å². The van der Waals surface area contributed by atoms with Gasteiger partial charge < -0.3 is 19.7 Å². The molecule has 0 radical (unpaired) electrons. The summed E-state index contributed by atoms with van der Waals surface area (Å²) in [7, 11) is 0. The van der Waals surface area contributed by atoms with Crippen molar-refractivity contribution < 1.29 is 39.1 Å². The van der Waals surface area contributed by atoms with Gasteiger partial charge in [0.2, 0.25) is 0 Å². The van der Waals surface area contributed by atoms with Gasteiger partial charge in [0.15, 0.2) is 11.5 Å². The first-order chi connectivity index (χ1) is 34.8. The van der Waals surface area contributed by atoms with E-state index in [1.807, 2.05) is 6.08 Å². The minimum absolute atomic E-state index is 0.00443. The Morgan fingerprint density at radius 1 is 0.712 bits per heavy atom. The standard InChI is InChI=1S/C59H70Cl2N2O10/c1-35(2)8-6-9-36(3)49-22-23-50-46-21-16-42-28-37(24-26-58(42,4)51(46)25-27-59(49,50)5)10-7-11-45(40-29-47(56(64)65)54(52(60)31-40)72-33-38-12-17-43(18-13-38)62(68)69)41-30-48(57(66)67)55(53(61)32-41)73-34-39-14-19-44(20-15-39)63(70)71/h11-15,17-20,29-32,35-37,42,46,49-51H,6-10,16,21-28,33-34H2,1-5H3,(H,64,65)(H,66,67). The molecule has 9 atom stereocenters. The summed E-state index contributed by atoms with van der Waals surface area (Å²) in [6.45, 7) is 12.3. The van der Waals surface area contributed by atoms with Gasteiger partial charge in [0.05, 0.1) is 19.9 Å². The highest BCUT2D eigenvalue weighted by Crippen LogP contribution is 2.69. The molecule has 0 amide bonds. The highest BCUT2D eigenvalue weighted by molar-refractivity contribution is 6.33. The van der Waals surface area contributed by atoms with E-state index in [9.17, 15) is 40.0 Å². The number of hydrogen-bond acceptors (Lipinski definition) is 8. The van der Waals surface area contributed by atoms with Crippen LogP contribution in [0.2, 0.25) is 10.0 Å². The molecule has 9 unspecified atom stereocenters. The summed E-state index contributed by atoms with van der Waals surface area (Å²) in [6.07, 6.45) is 19.2. The monoisotopic (exact) mass is 1040 g/mol. The predicted molar refractivity (Wildman–Crippen MR) is 285 cm³/mol. The van der Waals surface area contributed by atoms with E-state index in [0.29, 0.717) is 56.9 Å². The number of non-ortho nitro benzene ring substituents is 2. The Hall–Kier alpha value is -5.46. The smallest absolute Gasteiger partial charge is 0.339 e. The van der Waals surface area contributed by atoms with Gasteiger partial charge in [-0.15, -0.1) is 0 Å². The average molecular weight is 1040 g/mol. The van der Waals surface area contributed by atoms with Crippen LogP contribution in [0.3, 0.4) is 0 Å². The molecule has 4 fully saturated rings. The molecule has 12 nitrogen and oxygen atoms in total. The van der Waals surface area contributed by atoms with Crippen LogP contribution < -0.4 is 9.47 Å². The Morgan fingerprint density at radius 2 is 1.23 bits per heavy atom. The number of benzene rings is 4. The molecule has 0 aromatic heterocycles. The van der Waals surface area contributed by atoms with Gasteiger partial charge in [-0.05, 0) is 205 Å². The van der Waals surface area contributed by atoms with Crippen molar-refractivity contribution in [1.29, 1.82) is 0 Å². The van der Waals surface area contributed by atoms with E-state index in [-0.39, 0.29) is 57.3 Å². The van der Waals surface area contributed by atoms with Crippen LogP contribution in [0, 0.1) is 78.4 Å². The first kappa shape index (κ1) is 53.8. The molecule has 0 spiro atoms. The Bertz CT molecular complexity index is 2590. The van der Waals surface area contributed by atoms with Crippen molar-refractivity contribution in [2.24, 2.45) is 58.2 Å². The quantitative estimate of drug-likeness (QED) is 0.0639. The molecule has 0 heterocycles. The van der Waals surface area contributed by atoms with E-state index in [1.165, 1.54) is 131 Å². The summed E-state index contributed by atoms with van der Waals surface area (Å²) >= 11 is 13.8. The zero-order chi connectivity index (χ0) is 52.4. The van der Waals surface area contributed by atoms with Crippen LogP contribution in [-0.2, 0) is 13.2 Å². The number of allylic oxidation sites excluding steroid dienone is 1. The molecule has 4 saturated carbocycles. The highest BCUT2D eigenvalue weighted by atomic mass is 35.5. The maximum atomic E-state index is 12.9. The number of ether oxygens (including phenoxy) is 2. The molecule has 0 aliphatic heterocycles. The van der Waals surface area contributed by atoms with E-state index in [4.69, 9.17) is 32.7 Å². The number of nitro groups is 2. The predicted octanol–water partition coefficient (Wildman–Crippen LogP) is 16.3. The Balaban J connectivity index is 1.03. The lowest BCUT2D eigenvalue weighted by Gasteiger charge is -2.61. The molecule has 0 bridgehead atoms. The lowest BCUT2D eigenvalue weighted by atomic mass is 9.44. The Kier molecular flexibility index (Phi) is 16.6. The molecule has 14 heteroatoms. The topological polar surface area (TPSA) is 179 Å². The van der Waals surface area contributed by atoms with E-state index in [1.54, 1.807) is 12.1 Å². The van der Waals surface area contributed by atoms with E-state index in [2.05, 4.69) is 34.6 Å². The van der Waals surface area contributed by atoms with Crippen molar-refractivity contribution in [2.75, 3.05) is 0 Å². The van der Waals surface area contributed by atoms with Crippen molar-refractivity contribution in [3.63, 3.8) is 0 Å². The summed E-state index contributed by atoms with van der Waals surface area (Å²) in [5, 5.41) is 43.5. The first-order valence-electron chi connectivity index (χ1n) is 26.3. The molecule has 4 aliphatic carbocycles. The normalized spacial score (nSPS) is 25.7. The van der Waals surface area contributed by atoms with Crippen molar-refractivity contribution in [3.05, 3.63) is 143 Å². The van der Waals surface area contributed by atoms with Crippen LogP contribution in [0.5, 0.6) is 11.5 Å². The molecule has 390 valence electrons. The summed E-state index contributed by atoms with van der Waals surface area (Å²) < 4.78 is 12.0. The zero-order valence-corrected chi connectivity index (χ0v) is 44.3. The lowest BCUT2D eigenvalue weighted by Crippen LogP contribution is -2.53. The van der Waals surface area contributed by atoms with Gasteiger partial charge in [0, 0.05) is 24.3 Å². The third-order valence-corrected chi connectivity index (χ3v) is 18.7. The SMILES string of the molecule is CC(C)CCCC(C)C1CCC2C3CCC4CC(CCC=C(c5cc(Cl)c(OCc6ccc([N+](=O)[O-])cc6)c(C(=O)O)c5)c5cc(Cl)c(OCc6ccc([N+](=O)[O-])cc6)c(C(=O)O)c5)CCC4(C)C3CCC12C. The number of carbonyl (C=O) groups is 2. The van der Waals surface area contributed by atoms with Gasteiger partial charge in [-0.2, -0.15) is 0 Å². The third-order valence-electron chi connectivity index (χ3n) is 18.1. The highest BCUT2D eigenvalue weighted by Gasteiger charge is 2.60. The number of halogens is 2. The number of fused-ring (bicyclic) bond motifs is 5. The van der Waals surface area contributed by atoms with Crippen molar-refractivity contribution in [3.8, 4) is 11.5 Å². The first-order valence-corrected chi connectivity index (χ1v) is 27.1. The van der Waals surface area contributed by atoms with Crippen LogP contribution in [-0.4, -0.2) is 32.0 Å². The molecule has 0 saturated heterocycles. The van der Waals surface area contributed by atoms with Gasteiger partial charge in [-0.25, -0.2) is 9.59 Å². The van der Waals surface area contributed by atoms with E-state index < -0.39 is 21.8 Å². The average Bonchev–Trinajstić information content (AvgIpc) is 3.71. The van der Waals surface area contributed by atoms with Crippen LogP contribution >= 0.6 is 23.2 Å². The van der Waals surface area contributed by atoms with Gasteiger partial charge in [-0.3, -0.25) is 20.2 Å². The summed E-state index contributed by atoms with van der Waals surface area (Å²) in [5.41, 5.74) is 2.64. The Morgan fingerprint density at radius 3 is 1.74 bits per heavy atom. The number of aromatic carboxylic acids is 2. The van der Waals surface area contributed by atoms with Crippen molar-refractivity contribution in [2.45, 2.75) is 138 Å². The number of nitrogens with zero attached hydrogens (tertiary/aromatic N) is 2. The fourth-order valence-corrected chi connectivity index (χ4v) is 14.9. The number of carboxylic acid groups (broad SMARTS) is 2. The zero-order valence-electron chi connectivity index (χ0n) is 42.7. The Labute approximate surface area is 439 Å². The minimum atomic E-state index is -1.30. The third kappa shape index (κ3) is 11.6. The van der Waals surface area contributed by atoms with Gasteiger partial charge in [-0.1, -0.05) is 83.2 Å². The number of rotatable bonds is 20. The van der Waals surface area contributed by atoms with Crippen LogP contribution in [0.15, 0.2) is 78.9 Å². The van der Waals surface area contributed by atoms with Crippen LogP contribution in [0.1, 0.15) is 167 Å². The number of hydrogen-bond donors (Lipinski definition) is 2. The van der Waals surface area contributed by atoms with Crippen LogP contribution in [0.4, 0.5) is 11.4 Å². The minimum Gasteiger partial charge on any atom is -0.486 e. The van der Waals surface area contributed by atoms with Gasteiger partial charge in [0.25, 0.3) is 11.4 Å².